The molecule has 43 heavy (non-hydrogen) atoms. The number of esters is 1. The van der Waals surface area contributed by atoms with Crippen LogP contribution in [0.1, 0.15) is 68.3 Å². The van der Waals surface area contributed by atoms with Gasteiger partial charge in [0.25, 0.3) is 5.91 Å². The van der Waals surface area contributed by atoms with E-state index in [1.54, 1.807) is 27.7 Å². The number of ether oxygens (including phenoxy) is 3. The molecule has 4 N–H and O–H groups in total. The molecule has 1 fully saturated rings. The van der Waals surface area contributed by atoms with E-state index < -0.39 is 68.3 Å². The highest BCUT2D eigenvalue weighted by molar-refractivity contribution is 6.02. The Kier molecular flexibility index (Phi) is 11.1. The van der Waals surface area contributed by atoms with E-state index in [0.29, 0.717) is 5.69 Å². The number of aryl methyl sites for hydroxylation is 1. The van der Waals surface area contributed by atoms with Crippen molar-refractivity contribution >= 4 is 23.8 Å². The molecule has 0 aromatic carbocycles. The van der Waals surface area contributed by atoms with Gasteiger partial charge in [-0.05, 0) is 38.7 Å². The largest absolute Gasteiger partial charge is 0.443 e. The summed E-state index contributed by atoms with van der Waals surface area (Å²) in [5, 5.41) is 13.6. The van der Waals surface area contributed by atoms with Crippen molar-refractivity contribution in [1.29, 1.82) is 0 Å². The van der Waals surface area contributed by atoms with Gasteiger partial charge in [-0.1, -0.05) is 13.8 Å². The Bertz CT molecular complexity index is 1280. The second kappa shape index (κ2) is 14.2. The molecule has 2 heterocycles. The van der Waals surface area contributed by atoms with Gasteiger partial charge in [0, 0.05) is 25.1 Å². The summed E-state index contributed by atoms with van der Waals surface area (Å²) < 4.78 is 69.5. The SMILES string of the molecule is CC(C)NC(=O)O[C@H]1C[C@@H](c2cc(NC(=O)c3cc(COCC(F)(F)F)nn3C)n(COC(=O)[C@@H](N)C(C)C)n2)C[C@H]1F. The number of anilines is 1. The molecule has 0 unspecified atom stereocenters. The zero-order chi connectivity index (χ0) is 32.1. The van der Waals surface area contributed by atoms with E-state index in [-0.39, 0.29) is 42.0 Å². The molecule has 13 nitrogen and oxygen atoms in total. The van der Waals surface area contributed by atoms with Crippen molar-refractivity contribution in [3.8, 4) is 0 Å². The quantitative estimate of drug-likeness (QED) is 0.239. The maximum Gasteiger partial charge on any atom is 0.411 e. The van der Waals surface area contributed by atoms with Crippen LogP contribution in [0.25, 0.3) is 0 Å². The van der Waals surface area contributed by atoms with Crippen molar-refractivity contribution in [3.05, 3.63) is 29.2 Å². The van der Waals surface area contributed by atoms with Crippen LogP contribution < -0.4 is 16.4 Å². The van der Waals surface area contributed by atoms with Crippen LogP contribution in [-0.2, 0) is 39.4 Å². The average molecular weight is 620 g/mol. The van der Waals surface area contributed by atoms with E-state index in [1.807, 2.05) is 0 Å². The molecule has 0 bridgehead atoms. The molecule has 4 atom stereocenters. The van der Waals surface area contributed by atoms with Gasteiger partial charge in [-0.2, -0.15) is 23.4 Å². The zero-order valence-electron chi connectivity index (χ0n) is 24.5. The summed E-state index contributed by atoms with van der Waals surface area (Å²) in [5.74, 6) is -2.01. The molecule has 2 amide bonds. The first-order valence-electron chi connectivity index (χ1n) is 13.6. The molecule has 0 aliphatic heterocycles. The molecular weight excluding hydrogens is 582 g/mol. The molecule has 2 aromatic heterocycles. The monoisotopic (exact) mass is 619 g/mol. The molecule has 17 heteroatoms. The third-order valence-electron chi connectivity index (χ3n) is 6.55. The number of hydrogen-bond donors (Lipinski definition) is 3. The Hall–Kier alpha value is -3.73. The first-order valence-corrected chi connectivity index (χ1v) is 13.6. The van der Waals surface area contributed by atoms with Crippen molar-refractivity contribution in [1.82, 2.24) is 24.9 Å². The number of nitrogens with one attached hydrogen (secondary N) is 2. The van der Waals surface area contributed by atoms with Gasteiger partial charge in [-0.3, -0.25) is 14.3 Å². The van der Waals surface area contributed by atoms with Gasteiger partial charge in [0.05, 0.1) is 18.0 Å². The molecule has 1 aliphatic rings. The summed E-state index contributed by atoms with van der Waals surface area (Å²) in [7, 11) is 1.43. The fraction of sp³-hybridized carbons (Fsp3) is 0.654. The van der Waals surface area contributed by atoms with Crippen LogP contribution in [0.3, 0.4) is 0 Å². The number of alkyl carbamates (subject to hydrolysis) is 1. The van der Waals surface area contributed by atoms with Gasteiger partial charge < -0.3 is 30.6 Å². The van der Waals surface area contributed by atoms with E-state index >= 15 is 0 Å². The van der Waals surface area contributed by atoms with Crippen LogP contribution >= 0.6 is 0 Å². The van der Waals surface area contributed by atoms with Crippen molar-refractivity contribution in [2.75, 3.05) is 11.9 Å². The lowest BCUT2D eigenvalue weighted by Gasteiger charge is -2.16. The van der Waals surface area contributed by atoms with Gasteiger partial charge >= 0.3 is 18.2 Å². The van der Waals surface area contributed by atoms with E-state index in [9.17, 15) is 31.9 Å². The summed E-state index contributed by atoms with van der Waals surface area (Å²) in [6.07, 6.45) is -7.61. The maximum absolute atomic E-state index is 14.8. The number of rotatable bonds is 12. The Balaban J connectivity index is 1.78. The third kappa shape index (κ3) is 9.64. The lowest BCUT2D eigenvalue weighted by atomic mass is 10.0. The van der Waals surface area contributed by atoms with Gasteiger partial charge in [-0.25, -0.2) is 13.9 Å². The van der Waals surface area contributed by atoms with Crippen LogP contribution in [0.5, 0.6) is 0 Å². The second-order valence-corrected chi connectivity index (χ2v) is 10.9. The van der Waals surface area contributed by atoms with Crippen LogP contribution in [0, 0.1) is 5.92 Å². The molecule has 240 valence electrons. The van der Waals surface area contributed by atoms with Crippen LogP contribution in [0.15, 0.2) is 12.1 Å². The van der Waals surface area contributed by atoms with E-state index in [4.69, 9.17) is 15.2 Å². The Morgan fingerprint density at radius 2 is 1.84 bits per heavy atom. The van der Waals surface area contributed by atoms with Crippen LogP contribution in [-0.4, -0.2) is 74.7 Å². The summed E-state index contributed by atoms with van der Waals surface area (Å²) in [6, 6.07) is 1.65. The number of aromatic nitrogens is 4. The highest BCUT2D eigenvalue weighted by Crippen LogP contribution is 2.38. The number of nitrogens with two attached hydrogens (primary N) is 1. The van der Waals surface area contributed by atoms with Crippen molar-refractivity contribution in [3.63, 3.8) is 0 Å². The smallest absolute Gasteiger partial charge is 0.411 e. The Morgan fingerprint density at radius 3 is 2.47 bits per heavy atom. The fourth-order valence-corrected chi connectivity index (χ4v) is 4.31. The first kappa shape index (κ1) is 33.8. The molecule has 3 rings (SSSR count). The third-order valence-corrected chi connectivity index (χ3v) is 6.55. The number of amides is 2. The summed E-state index contributed by atoms with van der Waals surface area (Å²) in [6.45, 7) is 4.59. The lowest BCUT2D eigenvalue weighted by Crippen LogP contribution is -2.37. The van der Waals surface area contributed by atoms with E-state index in [2.05, 4.69) is 25.6 Å². The van der Waals surface area contributed by atoms with E-state index in [0.717, 1.165) is 0 Å². The minimum Gasteiger partial charge on any atom is -0.443 e. The Labute approximate surface area is 245 Å². The minimum absolute atomic E-state index is 0.00643. The average Bonchev–Trinajstić information content (AvgIpc) is 3.57. The number of alkyl halides is 4. The normalized spacial score (nSPS) is 19.5. The van der Waals surface area contributed by atoms with Gasteiger partial charge in [0.15, 0.2) is 6.73 Å². The minimum atomic E-state index is -4.51. The molecular formula is C26H37F4N7O6. The summed E-state index contributed by atoms with van der Waals surface area (Å²) in [5.41, 5.74) is 6.29. The first-order chi connectivity index (χ1) is 20.0. The predicted molar refractivity (Wildman–Crippen MR) is 143 cm³/mol. The fourth-order valence-electron chi connectivity index (χ4n) is 4.31. The second-order valence-electron chi connectivity index (χ2n) is 10.9. The zero-order valence-corrected chi connectivity index (χ0v) is 24.5. The van der Waals surface area contributed by atoms with Gasteiger partial charge in [0.1, 0.15) is 36.4 Å². The molecule has 2 aromatic rings. The maximum atomic E-state index is 14.8. The van der Waals surface area contributed by atoms with Crippen LogP contribution in [0.4, 0.5) is 28.2 Å². The van der Waals surface area contributed by atoms with Crippen molar-refractivity contribution < 1.29 is 46.2 Å². The van der Waals surface area contributed by atoms with Gasteiger partial charge in [0.2, 0.25) is 0 Å². The molecule has 0 radical (unpaired) electrons. The number of halogens is 4. The van der Waals surface area contributed by atoms with E-state index in [1.165, 1.54) is 28.5 Å². The lowest BCUT2D eigenvalue weighted by molar-refractivity contribution is -0.176. The Morgan fingerprint density at radius 1 is 1.14 bits per heavy atom. The van der Waals surface area contributed by atoms with Crippen LogP contribution in [0.2, 0.25) is 0 Å². The highest BCUT2D eigenvalue weighted by Gasteiger charge is 2.39. The topological polar surface area (TPSA) is 165 Å². The van der Waals surface area contributed by atoms with Crippen molar-refractivity contribution in [2.45, 2.75) is 90.3 Å². The standard InChI is InChI=1S/C26H37F4N7O6/c1-13(2)22(31)24(39)42-12-37-21(33-23(38)19-8-16(34-36(19)5)10-41-11-26(28,29)30)9-18(35-37)15-6-17(27)20(7-15)43-25(40)32-14(3)4/h8-9,13-15,17,20,22H,6-7,10-12,31H2,1-5H3,(H,32,40)(H,33,38)/t15-,17+,20-,22-/m0/s1. The molecule has 1 saturated carbocycles. The predicted octanol–water partition coefficient (Wildman–Crippen LogP) is 3.15. The molecule has 0 spiro atoms. The number of nitrogens with zero attached hydrogens (tertiary/aromatic N) is 4. The summed E-state index contributed by atoms with van der Waals surface area (Å²) >= 11 is 0. The van der Waals surface area contributed by atoms with Crippen molar-refractivity contribution in [2.24, 2.45) is 18.7 Å². The van der Waals surface area contributed by atoms with Gasteiger partial charge in [-0.15, -0.1) is 0 Å². The number of carbonyl (C=O) groups excluding carboxylic acids is 3. The summed E-state index contributed by atoms with van der Waals surface area (Å²) in [4.78, 5) is 37.5. The number of carbonyl (C=O) groups is 3. The number of hydrogen-bond acceptors (Lipinski definition) is 9. The molecule has 1 aliphatic carbocycles. The molecule has 0 saturated heterocycles. The highest BCUT2D eigenvalue weighted by atomic mass is 19.4.